The molecule has 2 N–H and O–H groups in total. The molecule has 13 heavy (non-hydrogen) atoms. The van der Waals surface area contributed by atoms with Gasteiger partial charge in [0.05, 0.1) is 12.7 Å². The molecule has 0 bridgehead atoms. The molecule has 0 radical (unpaired) electrons. The molecule has 0 spiro atoms. The number of hydrogen-bond donors (Lipinski definition) is 2. The standard InChI is InChI=1S/C8H15IO4/c1-4(2)7-8(13-9)6(11)5(3-10)12-7/h4-8,10-11H,3H2,1-2H3. The molecule has 5 heteroatoms. The van der Waals surface area contributed by atoms with Crippen molar-refractivity contribution >= 4 is 23.0 Å². The summed E-state index contributed by atoms with van der Waals surface area (Å²) >= 11 is 1.76. The van der Waals surface area contributed by atoms with E-state index in [4.69, 9.17) is 12.9 Å². The topological polar surface area (TPSA) is 58.9 Å². The first-order chi connectivity index (χ1) is 6.11. The summed E-state index contributed by atoms with van der Waals surface area (Å²) in [4.78, 5) is 0. The van der Waals surface area contributed by atoms with Gasteiger partial charge in [-0.2, -0.15) is 0 Å². The normalized spacial score (nSPS) is 40.2. The Labute approximate surface area is 91.9 Å². The van der Waals surface area contributed by atoms with Crippen LogP contribution in [0.2, 0.25) is 0 Å². The first-order valence-electron chi connectivity index (χ1n) is 4.33. The van der Waals surface area contributed by atoms with Crippen LogP contribution >= 0.6 is 23.0 Å². The van der Waals surface area contributed by atoms with E-state index in [1.54, 1.807) is 23.0 Å². The Morgan fingerprint density at radius 3 is 2.46 bits per heavy atom. The fourth-order valence-corrected chi connectivity index (χ4v) is 2.15. The van der Waals surface area contributed by atoms with E-state index in [-0.39, 0.29) is 24.7 Å². The summed E-state index contributed by atoms with van der Waals surface area (Å²) in [6, 6.07) is 0. The third-order valence-corrected chi connectivity index (χ3v) is 2.90. The van der Waals surface area contributed by atoms with Crippen molar-refractivity contribution in [1.82, 2.24) is 0 Å². The van der Waals surface area contributed by atoms with Crippen molar-refractivity contribution < 1.29 is 18.0 Å². The van der Waals surface area contributed by atoms with Gasteiger partial charge >= 0.3 is 0 Å². The van der Waals surface area contributed by atoms with Crippen LogP contribution in [0.4, 0.5) is 0 Å². The van der Waals surface area contributed by atoms with Crippen molar-refractivity contribution in [3.8, 4) is 0 Å². The van der Waals surface area contributed by atoms with E-state index >= 15 is 0 Å². The van der Waals surface area contributed by atoms with Gasteiger partial charge < -0.3 is 18.0 Å². The minimum Gasteiger partial charge on any atom is -0.394 e. The fourth-order valence-electron chi connectivity index (χ4n) is 1.56. The fraction of sp³-hybridized carbons (Fsp3) is 1.00. The summed E-state index contributed by atoms with van der Waals surface area (Å²) in [5, 5.41) is 18.6. The number of hydrogen-bond acceptors (Lipinski definition) is 4. The summed E-state index contributed by atoms with van der Waals surface area (Å²) in [5.41, 5.74) is 0. The third-order valence-electron chi connectivity index (χ3n) is 2.31. The Hall–Kier alpha value is 0.570. The van der Waals surface area contributed by atoms with Crippen LogP contribution in [-0.4, -0.2) is 41.2 Å². The predicted octanol–water partition coefficient (Wildman–Crippen LogP) is 0.498. The van der Waals surface area contributed by atoms with E-state index in [9.17, 15) is 5.11 Å². The highest BCUT2D eigenvalue weighted by molar-refractivity contribution is 14.1. The van der Waals surface area contributed by atoms with E-state index < -0.39 is 12.2 Å². The SMILES string of the molecule is CC(C)C1OC(CO)C(O)C1OI. The maximum Gasteiger partial charge on any atom is 0.125 e. The summed E-state index contributed by atoms with van der Waals surface area (Å²) in [7, 11) is 0. The summed E-state index contributed by atoms with van der Waals surface area (Å²) < 4.78 is 10.6. The molecule has 1 saturated heterocycles. The Morgan fingerprint density at radius 1 is 1.54 bits per heavy atom. The molecule has 4 atom stereocenters. The highest BCUT2D eigenvalue weighted by atomic mass is 127. The van der Waals surface area contributed by atoms with Crippen LogP contribution in [0.3, 0.4) is 0 Å². The molecule has 4 nitrogen and oxygen atoms in total. The number of rotatable bonds is 3. The molecule has 1 aliphatic heterocycles. The Morgan fingerprint density at radius 2 is 2.15 bits per heavy atom. The van der Waals surface area contributed by atoms with Crippen molar-refractivity contribution in [3.05, 3.63) is 0 Å². The second-order valence-corrected chi connectivity index (χ2v) is 4.12. The lowest BCUT2D eigenvalue weighted by Crippen LogP contribution is -2.35. The largest absolute Gasteiger partial charge is 0.394 e. The van der Waals surface area contributed by atoms with Gasteiger partial charge in [-0.3, -0.25) is 0 Å². The third kappa shape index (κ3) is 2.33. The van der Waals surface area contributed by atoms with Gasteiger partial charge in [-0.05, 0) is 5.92 Å². The molecule has 78 valence electrons. The zero-order chi connectivity index (χ0) is 10.0. The number of aliphatic hydroxyl groups is 2. The second kappa shape index (κ2) is 4.88. The van der Waals surface area contributed by atoms with Gasteiger partial charge in [-0.1, -0.05) is 13.8 Å². The van der Waals surface area contributed by atoms with Crippen molar-refractivity contribution in [2.75, 3.05) is 6.61 Å². The minimum absolute atomic E-state index is 0.135. The van der Waals surface area contributed by atoms with Gasteiger partial charge in [0.25, 0.3) is 0 Å². The lowest BCUT2D eigenvalue weighted by atomic mass is 10.00. The predicted molar refractivity (Wildman–Crippen MR) is 55.5 cm³/mol. The quantitative estimate of drug-likeness (QED) is 0.745. The van der Waals surface area contributed by atoms with E-state index in [1.807, 2.05) is 13.8 Å². The van der Waals surface area contributed by atoms with E-state index in [0.717, 1.165) is 0 Å². The molecule has 0 saturated carbocycles. The molecular weight excluding hydrogens is 287 g/mol. The zero-order valence-electron chi connectivity index (χ0n) is 7.68. The highest BCUT2D eigenvalue weighted by Crippen LogP contribution is 2.29. The Bertz CT molecular complexity index is 164. The maximum atomic E-state index is 9.65. The van der Waals surface area contributed by atoms with E-state index in [2.05, 4.69) is 0 Å². The summed E-state index contributed by atoms with van der Waals surface area (Å²) in [6.45, 7) is 3.83. The van der Waals surface area contributed by atoms with Crippen molar-refractivity contribution in [2.24, 2.45) is 5.92 Å². The maximum absolute atomic E-state index is 9.65. The van der Waals surface area contributed by atoms with Crippen LogP contribution in [0.1, 0.15) is 13.8 Å². The molecule has 4 unspecified atom stereocenters. The molecule has 0 aromatic rings. The van der Waals surface area contributed by atoms with Gasteiger partial charge in [0, 0.05) is 0 Å². The van der Waals surface area contributed by atoms with E-state index in [0.29, 0.717) is 0 Å². The first-order valence-corrected chi connectivity index (χ1v) is 5.21. The molecule has 0 aromatic carbocycles. The van der Waals surface area contributed by atoms with Gasteiger partial charge in [0.15, 0.2) is 0 Å². The van der Waals surface area contributed by atoms with Gasteiger partial charge in [0.2, 0.25) is 0 Å². The van der Waals surface area contributed by atoms with Crippen LogP contribution in [0.5, 0.6) is 0 Å². The summed E-state index contributed by atoms with van der Waals surface area (Å²) in [5.74, 6) is 0.269. The number of ether oxygens (including phenoxy) is 1. The Balaban J connectivity index is 2.66. The monoisotopic (exact) mass is 302 g/mol. The lowest BCUT2D eigenvalue weighted by molar-refractivity contribution is -0.0349. The number of aliphatic hydroxyl groups excluding tert-OH is 2. The van der Waals surface area contributed by atoms with Crippen molar-refractivity contribution in [2.45, 2.75) is 38.3 Å². The number of halogens is 1. The molecule has 1 rings (SSSR count). The lowest BCUT2D eigenvalue weighted by Gasteiger charge is -2.20. The minimum atomic E-state index is -0.728. The average Bonchev–Trinajstić information content (AvgIpc) is 2.42. The van der Waals surface area contributed by atoms with Gasteiger partial charge in [0.1, 0.15) is 41.3 Å². The summed E-state index contributed by atoms with van der Waals surface area (Å²) in [6.07, 6.45) is -1.71. The van der Waals surface area contributed by atoms with Crippen molar-refractivity contribution in [3.63, 3.8) is 0 Å². The Kier molecular flexibility index (Phi) is 4.37. The second-order valence-electron chi connectivity index (χ2n) is 3.61. The average molecular weight is 302 g/mol. The van der Waals surface area contributed by atoms with Gasteiger partial charge in [-0.15, -0.1) is 0 Å². The van der Waals surface area contributed by atoms with Crippen LogP contribution < -0.4 is 0 Å². The molecule has 1 heterocycles. The first kappa shape index (κ1) is 11.6. The smallest absolute Gasteiger partial charge is 0.125 e. The van der Waals surface area contributed by atoms with Gasteiger partial charge in [-0.25, -0.2) is 0 Å². The van der Waals surface area contributed by atoms with Crippen LogP contribution in [0, 0.1) is 5.92 Å². The molecule has 1 fully saturated rings. The molecule has 1 aliphatic rings. The highest BCUT2D eigenvalue weighted by Gasteiger charge is 2.45. The van der Waals surface area contributed by atoms with E-state index in [1.165, 1.54) is 0 Å². The molecule has 0 amide bonds. The van der Waals surface area contributed by atoms with Crippen LogP contribution in [-0.2, 0) is 7.80 Å². The van der Waals surface area contributed by atoms with Crippen molar-refractivity contribution in [1.29, 1.82) is 0 Å². The zero-order valence-corrected chi connectivity index (χ0v) is 9.84. The molecular formula is C8H15IO4. The van der Waals surface area contributed by atoms with Crippen LogP contribution in [0.25, 0.3) is 0 Å². The molecule has 0 aromatic heterocycles. The van der Waals surface area contributed by atoms with Crippen LogP contribution in [0.15, 0.2) is 0 Å². The molecule has 0 aliphatic carbocycles.